The molecule has 0 unspecified atom stereocenters. The molecule has 9 nitrogen and oxygen atoms in total. The predicted molar refractivity (Wildman–Crippen MR) is 113 cm³/mol. The molecule has 4 rings (SSSR count). The van der Waals surface area contributed by atoms with E-state index in [1.807, 2.05) is 37.3 Å². The number of phenolic OH excluding ortho intramolecular Hbond substituents is 2. The van der Waals surface area contributed by atoms with Crippen LogP contribution in [0, 0.1) is 0 Å². The molecule has 158 valence electrons. The Balaban J connectivity index is 1.98. The highest BCUT2D eigenvalue weighted by molar-refractivity contribution is 5.99. The van der Waals surface area contributed by atoms with E-state index in [-0.39, 0.29) is 23.8 Å². The van der Waals surface area contributed by atoms with Gasteiger partial charge in [-0.15, -0.1) is 10.2 Å². The van der Waals surface area contributed by atoms with E-state index < -0.39 is 5.97 Å². The molecular formula is C22H21N5O4. The van der Waals surface area contributed by atoms with Crippen molar-refractivity contribution >= 4 is 5.97 Å². The Kier molecular flexibility index (Phi) is 5.40. The maximum atomic E-state index is 12.7. The normalized spacial score (nSPS) is 10.9. The molecule has 2 aromatic carbocycles. The average Bonchev–Trinajstić information content (AvgIpc) is 3.41. The van der Waals surface area contributed by atoms with E-state index in [4.69, 9.17) is 4.74 Å². The highest BCUT2D eigenvalue weighted by atomic mass is 16.5. The number of carbonyl (C=O) groups is 1. The fraction of sp³-hybridized carbons (Fsp3) is 0.182. The van der Waals surface area contributed by atoms with Crippen molar-refractivity contribution in [3.05, 3.63) is 60.0 Å². The van der Waals surface area contributed by atoms with E-state index in [2.05, 4.69) is 20.4 Å². The van der Waals surface area contributed by atoms with Crippen LogP contribution in [-0.2, 0) is 11.2 Å². The Morgan fingerprint density at radius 3 is 2.61 bits per heavy atom. The third-order valence-electron chi connectivity index (χ3n) is 4.88. The molecule has 31 heavy (non-hydrogen) atoms. The van der Waals surface area contributed by atoms with Crippen molar-refractivity contribution in [3.8, 4) is 39.8 Å². The lowest BCUT2D eigenvalue weighted by Gasteiger charge is -2.11. The number of ether oxygens (including phenoxy) is 1. The summed E-state index contributed by atoms with van der Waals surface area (Å²) in [4.78, 5) is 12.7. The first-order chi connectivity index (χ1) is 15.0. The molecule has 9 heteroatoms. The topological polar surface area (TPSA) is 126 Å². The van der Waals surface area contributed by atoms with Gasteiger partial charge < -0.3 is 14.9 Å². The first-order valence-electron chi connectivity index (χ1n) is 9.81. The van der Waals surface area contributed by atoms with Crippen LogP contribution >= 0.6 is 0 Å². The number of rotatable bonds is 6. The summed E-state index contributed by atoms with van der Waals surface area (Å²) >= 11 is 0. The Hall–Kier alpha value is -4.14. The van der Waals surface area contributed by atoms with E-state index in [1.54, 1.807) is 17.6 Å². The van der Waals surface area contributed by atoms with Gasteiger partial charge in [0, 0.05) is 17.3 Å². The van der Waals surface area contributed by atoms with Gasteiger partial charge in [-0.1, -0.05) is 25.1 Å². The predicted octanol–water partition coefficient (Wildman–Crippen LogP) is 3.47. The standard InChI is InChI=1S/C22H21N5O4/c1-3-13-10-15(17(29)11-16(13)28)19-18(20(25-24-19)22(30)31-4-2)21-26-23-12-27(21)14-8-6-5-7-9-14/h5-12,28-29H,3-4H2,1-2H3,(H,24,25). The van der Waals surface area contributed by atoms with Gasteiger partial charge in [0.15, 0.2) is 11.5 Å². The van der Waals surface area contributed by atoms with Crippen LogP contribution < -0.4 is 0 Å². The monoisotopic (exact) mass is 419 g/mol. The molecule has 3 N–H and O–H groups in total. The number of nitrogens with zero attached hydrogens (tertiary/aromatic N) is 4. The van der Waals surface area contributed by atoms with Gasteiger partial charge in [-0.3, -0.25) is 9.67 Å². The van der Waals surface area contributed by atoms with Gasteiger partial charge in [-0.05, 0) is 37.1 Å². The maximum absolute atomic E-state index is 12.7. The van der Waals surface area contributed by atoms with Crippen LogP contribution in [0.15, 0.2) is 48.8 Å². The molecule has 2 heterocycles. The molecule has 0 fully saturated rings. The van der Waals surface area contributed by atoms with Gasteiger partial charge in [0.1, 0.15) is 23.5 Å². The third kappa shape index (κ3) is 3.61. The van der Waals surface area contributed by atoms with Crippen LogP contribution in [0.25, 0.3) is 28.3 Å². The Bertz CT molecular complexity index is 1230. The van der Waals surface area contributed by atoms with Crippen LogP contribution in [0.3, 0.4) is 0 Å². The number of phenols is 2. The molecule has 0 aliphatic rings. The van der Waals surface area contributed by atoms with Gasteiger partial charge in [-0.25, -0.2) is 4.79 Å². The summed E-state index contributed by atoms with van der Waals surface area (Å²) in [5, 5.41) is 35.9. The molecule has 0 radical (unpaired) electrons. The molecule has 0 amide bonds. The molecule has 0 aliphatic heterocycles. The molecular weight excluding hydrogens is 398 g/mol. The number of benzene rings is 2. The van der Waals surface area contributed by atoms with Crippen molar-refractivity contribution in [3.63, 3.8) is 0 Å². The number of aromatic hydroxyl groups is 2. The number of carbonyl (C=O) groups excluding carboxylic acids is 1. The van der Waals surface area contributed by atoms with Crippen molar-refractivity contribution in [2.45, 2.75) is 20.3 Å². The number of hydrogen-bond acceptors (Lipinski definition) is 7. The molecule has 0 aliphatic carbocycles. The van der Waals surface area contributed by atoms with Crippen molar-refractivity contribution in [2.24, 2.45) is 0 Å². The summed E-state index contributed by atoms with van der Waals surface area (Å²) in [7, 11) is 0. The molecule has 4 aromatic rings. The number of esters is 1. The van der Waals surface area contributed by atoms with Gasteiger partial charge >= 0.3 is 5.97 Å². The summed E-state index contributed by atoms with van der Waals surface area (Å²) in [5.74, 6) is -0.445. The SMILES string of the molecule is CCOC(=O)c1[nH]nc(-c2cc(CC)c(O)cc2O)c1-c1nncn1-c1ccccc1. The van der Waals surface area contributed by atoms with E-state index in [0.29, 0.717) is 34.6 Å². The second-order valence-electron chi connectivity index (χ2n) is 6.75. The van der Waals surface area contributed by atoms with Crippen molar-refractivity contribution in [1.82, 2.24) is 25.0 Å². The number of hydrogen-bond donors (Lipinski definition) is 3. The summed E-state index contributed by atoms with van der Waals surface area (Å²) in [5.41, 5.74) is 2.48. The molecule has 0 spiro atoms. The number of aromatic nitrogens is 5. The van der Waals surface area contributed by atoms with Crippen molar-refractivity contribution in [2.75, 3.05) is 6.61 Å². The highest BCUT2D eigenvalue weighted by Gasteiger charge is 2.28. The van der Waals surface area contributed by atoms with Crippen LogP contribution in [-0.4, -0.2) is 47.8 Å². The maximum Gasteiger partial charge on any atom is 0.357 e. The van der Waals surface area contributed by atoms with Crippen LogP contribution in [0.5, 0.6) is 11.5 Å². The number of aromatic amines is 1. The Labute approximate surface area is 178 Å². The van der Waals surface area contributed by atoms with Crippen LogP contribution in [0.1, 0.15) is 29.9 Å². The quantitative estimate of drug-likeness (QED) is 0.409. The lowest BCUT2D eigenvalue weighted by molar-refractivity contribution is 0.0520. The van der Waals surface area contributed by atoms with E-state index >= 15 is 0 Å². The van der Waals surface area contributed by atoms with E-state index in [9.17, 15) is 15.0 Å². The fourth-order valence-electron chi connectivity index (χ4n) is 3.38. The lowest BCUT2D eigenvalue weighted by Crippen LogP contribution is -2.08. The van der Waals surface area contributed by atoms with E-state index in [0.717, 1.165) is 5.69 Å². The molecule has 2 aromatic heterocycles. The molecule has 0 atom stereocenters. The number of H-pyrrole nitrogens is 1. The summed E-state index contributed by atoms with van der Waals surface area (Å²) in [6.07, 6.45) is 2.08. The van der Waals surface area contributed by atoms with Crippen LogP contribution in [0.4, 0.5) is 0 Å². The molecule has 0 bridgehead atoms. The third-order valence-corrected chi connectivity index (χ3v) is 4.88. The van der Waals surface area contributed by atoms with Crippen LogP contribution in [0.2, 0.25) is 0 Å². The van der Waals surface area contributed by atoms with Gasteiger partial charge in [0.2, 0.25) is 0 Å². The Morgan fingerprint density at radius 1 is 1.13 bits per heavy atom. The number of nitrogens with one attached hydrogen (secondary N) is 1. The summed E-state index contributed by atoms with van der Waals surface area (Å²) in [6, 6.07) is 12.3. The Morgan fingerprint density at radius 2 is 1.90 bits per heavy atom. The van der Waals surface area contributed by atoms with Crippen molar-refractivity contribution < 1.29 is 19.7 Å². The molecule has 0 saturated heterocycles. The fourth-order valence-corrected chi connectivity index (χ4v) is 3.38. The first kappa shape index (κ1) is 20.1. The zero-order chi connectivity index (χ0) is 22.0. The average molecular weight is 419 g/mol. The van der Waals surface area contributed by atoms with Crippen molar-refractivity contribution in [1.29, 1.82) is 0 Å². The largest absolute Gasteiger partial charge is 0.508 e. The summed E-state index contributed by atoms with van der Waals surface area (Å²) < 4.78 is 6.90. The van der Waals surface area contributed by atoms with E-state index in [1.165, 1.54) is 12.4 Å². The zero-order valence-electron chi connectivity index (χ0n) is 17.0. The minimum absolute atomic E-state index is 0.0149. The van der Waals surface area contributed by atoms with Gasteiger partial charge in [0.25, 0.3) is 0 Å². The first-order valence-corrected chi connectivity index (χ1v) is 9.81. The smallest absolute Gasteiger partial charge is 0.357 e. The second-order valence-corrected chi connectivity index (χ2v) is 6.75. The second kappa shape index (κ2) is 8.31. The number of aryl methyl sites for hydroxylation is 1. The van der Waals surface area contributed by atoms with Gasteiger partial charge in [-0.2, -0.15) is 5.10 Å². The molecule has 0 saturated carbocycles. The minimum atomic E-state index is -0.604. The summed E-state index contributed by atoms with van der Waals surface area (Å²) in [6.45, 7) is 3.78. The lowest BCUT2D eigenvalue weighted by atomic mass is 10.00. The highest BCUT2D eigenvalue weighted by Crippen LogP contribution is 2.40. The minimum Gasteiger partial charge on any atom is -0.508 e. The van der Waals surface area contributed by atoms with Gasteiger partial charge in [0.05, 0.1) is 12.2 Å². The number of para-hydroxylation sites is 1. The zero-order valence-corrected chi connectivity index (χ0v) is 17.0.